The summed E-state index contributed by atoms with van der Waals surface area (Å²) >= 11 is 5.81. The van der Waals surface area contributed by atoms with E-state index < -0.39 is 18.7 Å². The molecule has 0 unspecified atom stereocenters. The third kappa shape index (κ3) is 5.02. The van der Waals surface area contributed by atoms with E-state index in [1.807, 2.05) is 18.2 Å². The molecule has 0 aliphatic rings. The lowest BCUT2D eigenvalue weighted by atomic mass is 10.2. The first-order chi connectivity index (χ1) is 11.3. The van der Waals surface area contributed by atoms with Crippen molar-refractivity contribution in [3.8, 4) is 5.88 Å². The number of alkyl halides is 3. The van der Waals surface area contributed by atoms with Gasteiger partial charge in [-0.3, -0.25) is 15.2 Å². The first kappa shape index (κ1) is 17.9. The van der Waals surface area contributed by atoms with E-state index in [4.69, 9.17) is 11.6 Å². The van der Waals surface area contributed by atoms with E-state index in [1.54, 1.807) is 19.2 Å². The van der Waals surface area contributed by atoms with Crippen LogP contribution in [0.15, 0.2) is 42.6 Å². The van der Waals surface area contributed by atoms with Gasteiger partial charge in [-0.2, -0.15) is 13.2 Å². The van der Waals surface area contributed by atoms with E-state index in [0.29, 0.717) is 0 Å². The van der Waals surface area contributed by atoms with Crippen molar-refractivity contribution in [3.63, 3.8) is 0 Å². The molecule has 0 bridgehead atoms. The summed E-state index contributed by atoms with van der Waals surface area (Å²) in [5, 5.41) is 1.30. The van der Waals surface area contributed by atoms with Gasteiger partial charge in [0.05, 0.1) is 11.3 Å². The Morgan fingerprint density at radius 3 is 2.58 bits per heavy atom. The highest BCUT2D eigenvalue weighted by molar-refractivity contribution is 6.32. The Kier molecular flexibility index (Phi) is 5.50. The number of ether oxygens (including phenoxy) is 1. The predicted octanol–water partition coefficient (Wildman–Crippen LogP) is 3.46. The molecule has 1 aromatic heterocycles. The normalized spacial score (nSPS) is 11.0. The summed E-state index contributed by atoms with van der Waals surface area (Å²) in [4.78, 5) is 15.8. The lowest BCUT2D eigenvalue weighted by Crippen LogP contribution is -2.39. The van der Waals surface area contributed by atoms with Gasteiger partial charge in [0.25, 0.3) is 5.91 Å². The Balaban J connectivity index is 2.04. The van der Waals surface area contributed by atoms with Crippen molar-refractivity contribution >= 4 is 23.2 Å². The maximum Gasteiger partial charge on any atom is 0.422 e. The Bertz CT molecular complexity index is 711. The van der Waals surface area contributed by atoms with Crippen LogP contribution in [0.2, 0.25) is 5.02 Å². The number of aromatic nitrogens is 1. The fourth-order valence-electron chi connectivity index (χ4n) is 1.74. The monoisotopic (exact) mass is 359 g/mol. The number of rotatable bonds is 5. The zero-order valence-electron chi connectivity index (χ0n) is 12.5. The van der Waals surface area contributed by atoms with Crippen molar-refractivity contribution in [1.82, 2.24) is 10.4 Å². The molecule has 9 heteroatoms. The lowest BCUT2D eigenvalue weighted by molar-refractivity contribution is -0.154. The number of hydrogen-bond donors (Lipinski definition) is 1. The van der Waals surface area contributed by atoms with Gasteiger partial charge in [-0.05, 0) is 18.2 Å². The van der Waals surface area contributed by atoms with Gasteiger partial charge in [0.1, 0.15) is 5.02 Å². The Morgan fingerprint density at radius 1 is 1.33 bits per heavy atom. The van der Waals surface area contributed by atoms with Crippen LogP contribution in [0.5, 0.6) is 5.88 Å². The summed E-state index contributed by atoms with van der Waals surface area (Å²) in [5.41, 5.74) is 3.42. The first-order valence-electron chi connectivity index (χ1n) is 6.71. The summed E-state index contributed by atoms with van der Waals surface area (Å²) < 4.78 is 40.8. The molecule has 0 saturated carbocycles. The van der Waals surface area contributed by atoms with E-state index in [0.717, 1.165) is 11.9 Å². The summed E-state index contributed by atoms with van der Waals surface area (Å²) in [6.45, 7) is -1.51. The molecule has 1 heterocycles. The SMILES string of the molecule is CN(NC(=O)c1cnc(OCC(F)(F)F)c(Cl)c1)c1ccccc1. The van der Waals surface area contributed by atoms with Gasteiger partial charge in [0, 0.05) is 13.2 Å². The molecular weight excluding hydrogens is 347 g/mol. The molecule has 0 saturated heterocycles. The van der Waals surface area contributed by atoms with Gasteiger partial charge in [0.15, 0.2) is 6.61 Å². The number of anilines is 1. The Morgan fingerprint density at radius 2 is 2.00 bits per heavy atom. The number of hydrogen-bond acceptors (Lipinski definition) is 4. The van der Waals surface area contributed by atoms with Crippen LogP contribution in [-0.2, 0) is 0 Å². The number of carbonyl (C=O) groups excluding carboxylic acids is 1. The topological polar surface area (TPSA) is 54.5 Å². The van der Waals surface area contributed by atoms with E-state index in [9.17, 15) is 18.0 Å². The van der Waals surface area contributed by atoms with Crippen LogP contribution in [0.4, 0.5) is 18.9 Å². The standard InChI is InChI=1S/C15H13ClF3N3O2/c1-22(11-5-3-2-4-6-11)21-13(23)10-7-12(16)14(20-8-10)24-9-15(17,18)19/h2-8H,9H2,1H3,(H,21,23). The quantitative estimate of drug-likeness (QED) is 0.831. The number of halogens is 4. The van der Waals surface area contributed by atoms with E-state index in [1.165, 1.54) is 11.1 Å². The van der Waals surface area contributed by atoms with Crippen LogP contribution in [0.1, 0.15) is 10.4 Å². The van der Waals surface area contributed by atoms with Crippen LogP contribution in [0.25, 0.3) is 0 Å². The molecule has 1 aromatic carbocycles. The van der Waals surface area contributed by atoms with Gasteiger partial charge >= 0.3 is 6.18 Å². The molecule has 128 valence electrons. The molecule has 0 fully saturated rings. The molecule has 2 rings (SSSR count). The molecule has 5 nitrogen and oxygen atoms in total. The second kappa shape index (κ2) is 7.39. The van der Waals surface area contributed by atoms with E-state index in [2.05, 4.69) is 15.1 Å². The minimum absolute atomic E-state index is 0.0853. The maximum atomic E-state index is 12.1. The van der Waals surface area contributed by atoms with Gasteiger partial charge in [-0.1, -0.05) is 29.8 Å². The number of nitrogens with zero attached hydrogens (tertiary/aromatic N) is 2. The fraction of sp³-hybridized carbons (Fsp3) is 0.200. The Labute approximate surface area is 141 Å². The van der Waals surface area contributed by atoms with Crippen LogP contribution in [-0.4, -0.2) is 30.7 Å². The number of pyridine rings is 1. The lowest BCUT2D eigenvalue weighted by Gasteiger charge is -2.20. The minimum Gasteiger partial charge on any atom is -0.467 e. The molecule has 0 aliphatic carbocycles. The van der Waals surface area contributed by atoms with Crippen LogP contribution in [0, 0.1) is 0 Å². The van der Waals surface area contributed by atoms with Crippen molar-refractivity contribution in [2.75, 3.05) is 18.7 Å². The molecule has 1 amide bonds. The van der Waals surface area contributed by atoms with Crippen LogP contribution >= 0.6 is 11.6 Å². The van der Waals surface area contributed by atoms with Crippen molar-refractivity contribution in [2.45, 2.75) is 6.18 Å². The first-order valence-corrected chi connectivity index (χ1v) is 7.09. The molecule has 1 N–H and O–H groups in total. The minimum atomic E-state index is -4.50. The second-order valence-corrected chi connectivity index (χ2v) is 5.16. The third-order valence-corrected chi connectivity index (χ3v) is 3.13. The number of carbonyl (C=O) groups is 1. The average molecular weight is 360 g/mol. The summed E-state index contributed by atoms with van der Waals surface area (Å²) in [6.07, 6.45) is -3.41. The molecule has 24 heavy (non-hydrogen) atoms. The van der Waals surface area contributed by atoms with Gasteiger partial charge in [-0.15, -0.1) is 0 Å². The zero-order chi connectivity index (χ0) is 17.7. The van der Waals surface area contributed by atoms with Crippen molar-refractivity contribution in [1.29, 1.82) is 0 Å². The molecule has 0 aliphatic heterocycles. The highest BCUT2D eigenvalue weighted by Crippen LogP contribution is 2.25. The maximum absolute atomic E-state index is 12.1. The van der Waals surface area contributed by atoms with Gasteiger partial charge in [-0.25, -0.2) is 4.98 Å². The molecule has 2 aromatic rings. The largest absolute Gasteiger partial charge is 0.467 e. The third-order valence-electron chi connectivity index (χ3n) is 2.85. The predicted molar refractivity (Wildman–Crippen MR) is 83.1 cm³/mol. The number of benzene rings is 1. The smallest absolute Gasteiger partial charge is 0.422 e. The van der Waals surface area contributed by atoms with Gasteiger partial charge < -0.3 is 4.74 Å². The summed E-state index contributed by atoms with van der Waals surface area (Å²) in [6, 6.07) is 10.2. The van der Waals surface area contributed by atoms with Crippen LogP contribution < -0.4 is 15.2 Å². The molecule has 0 atom stereocenters. The summed E-state index contributed by atoms with van der Waals surface area (Å²) in [5.74, 6) is -0.903. The molecule has 0 spiro atoms. The average Bonchev–Trinajstić information content (AvgIpc) is 2.53. The molecular formula is C15H13ClF3N3O2. The van der Waals surface area contributed by atoms with Gasteiger partial charge in [0.2, 0.25) is 5.88 Å². The number of para-hydroxylation sites is 1. The number of nitrogens with one attached hydrogen (secondary N) is 1. The number of amides is 1. The zero-order valence-corrected chi connectivity index (χ0v) is 13.2. The summed E-state index contributed by atoms with van der Waals surface area (Å²) in [7, 11) is 1.64. The van der Waals surface area contributed by atoms with Crippen molar-refractivity contribution in [3.05, 3.63) is 53.2 Å². The van der Waals surface area contributed by atoms with E-state index in [-0.39, 0.29) is 16.5 Å². The second-order valence-electron chi connectivity index (χ2n) is 4.75. The molecule has 0 radical (unpaired) electrons. The fourth-order valence-corrected chi connectivity index (χ4v) is 1.96. The number of hydrazine groups is 1. The van der Waals surface area contributed by atoms with Crippen molar-refractivity contribution in [2.24, 2.45) is 0 Å². The highest BCUT2D eigenvalue weighted by Gasteiger charge is 2.29. The van der Waals surface area contributed by atoms with Crippen LogP contribution in [0.3, 0.4) is 0 Å². The Hall–Kier alpha value is -2.48. The van der Waals surface area contributed by atoms with E-state index >= 15 is 0 Å². The highest BCUT2D eigenvalue weighted by atomic mass is 35.5. The van der Waals surface area contributed by atoms with Crippen molar-refractivity contribution < 1.29 is 22.7 Å².